The van der Waals surface area contributed by atoms with Gasteiger partial charge in [-0.3, -0.25) is 0 Å². The highest BCUT2D eigenvalue weighted by molar-refractivity contribution is 7.10. The van der Waals surface area contributed by atoms with Crippen LogP contribution in [0.25, 0.3) is 0 Å². The third-order valence-electron chi connectivity index (χ3n) is 2.56. The molecule has 0 aliphatic rings. The standard InChI is InChI=1S/C11H13NOS/c1-7-8(2)14-6-10(7)11(13)9-3-4-12-5-9/h3-6,11-13H,1-2H3. The number of nitrogens with one attached hydrogen (secondary N) is 1. The van der Waals surface area contributed by atoms with Crippen LogP contribution in [0.15, 0.2) is 23.8 Å². The number of aryl methyl sites for hydroxylation is 1. The number of hydrogen-bond acceptors (Lipinski definition) is 2. The minimum atomic E-state index is -0.494. The molecular formula is C11H13NOS. The topological polar surface area (TPSA) is 36.0 Å². The molecule has 1 unspecified atom stereocenters. The second-order valence-electron chi connectivity index (χ2n) is 3.42. The quantitative estimate of drug-likeness (QED) is 0.780. The maximum Gasteiger partial charge on any atom is 0.107 e. The molecule has 74 valence electrons. The summed E-state index contributed by atoms with van der Waals surface area (Å²) < 4.78 is 0. The summed E-state index contributed by atoms with van der Waals surface area (Å²) in [6.07, 6.45) is 3.16. The molecule has 2 nitrogen and oxygen atoms in total. The predicted molar refractivity (Wildman–Crippen MR) is 58.6 cm³/mol. The van der Waals surface area contributed by atoms with Crippen molar-refractivity contribution in [1.82, 2.24) is 4.98 Å². The van der Waals surface area contributed by atoms with E-state index >= 15 is 0 Å². The minimum absolute atomic E-state index is 0.494. The van der Waals surface area contributed by atoms with Gasteiger partial charge < -0.3 is 10.1 Å². The first-order valence-corrected chi connectivity index (χ1v) is 5.43. The molecule has 1 atom stereocenters. The van der Waals surface area contributed by atoms with Crippen molar-refractivity contribution in [3.8, 4) is 0 Å². The van der Waals surface area contributed by atoms with Gasteiger partial charge in [0.1, 0.15) is 6.10 Å². The van der Waals surface area contributed by atoms with Crippen molar-refractivity contribution in [3.05, 3.63) is 45.4 Å². The van der Waals surface area contributed by atoms with Crippen molar-refractivity contribution in [2.24, 2.45) is 0 Å². The summed E-state index contributed by atoms with van der Waals surface area (Å²) in [7, 11) is 0. The van der Waals surface area contributed by atoms with E-state index in [1.54, 1.807) is 11.3 Å². The third-order valence-corrected chi connectivity index (χ3v) is 3.59. The number of aromatic nitrogens is 1. The van der Waals surface area contributed by atoms with Crippen LogP contribution < -0.4 is 0 Å². The Kier molecular flexibility index (Phi) is 2.44. The van der Waals surface area contributed by atoms with Crippen molar-refractivity contribution in [2.45, 2.75) is 20.0 Å². The smallest absolute Gasteiger partial charge is 0.107 e. The van der Waals surface area contributed by atoms with E-state index in [-0.39, 0.29) is 0 Å². The van der Waals surface area contributed by atoms with Crippen LogP contribution in [0.2, 0.25) is 0 Å². The average molecular weight is 207 g/mol. The summed E-state index contributed by atoms with van der Waals surface area (Å²) in [5, 5.41) is 12.1. The van der Waals surface area contributed by atoms with Gasteiger partial charge in [0.05, 0.1) is 0 Å². The highest BCUT2D eigenvalue weighted by Gasteiger charge is 2.15. The van der Waals surface area contributed by atoms with Crippen LogP contribution in [0.5, 0.6) is 0 Å². The van der Waals surface area contributed by atoms with Gasteiger partial charge in [0.25, 0.3) is 0 Å². The number of hydrogen-bond donors (Lipinski definition) is 2. The fourth-order valence-electron chi connectivity index (χ4n) is 1.49. The number of aliphatic hydroxyl groups excluding tert-OH is 1. The molecular weight excluding hydrogens is 194 g/mol. The monoisotopic (exact) mass is 207 g/mol. The van der Waals surface area contributed by atoms with Crippen LogP contribution in [0.1, 0.15) is 27.7 Å². The van der Waals surface area contributed by atoms with Gasteiger partial charge in [-0.15, -0.1) is 11.3 Å². The molecule has 2 heterocycles. The average Bonchev–Trinajstić information content (AvgIpc) is 2.77. The van der Waals surface area contributed by atoms with Crippen molar-refractivity contribution in [3.63, 3.8) is 0 Å². The first-order chi connectivity index (χ1) is 6.70. The van der Waals surface area contributed by atoms with Gasteiger partial charge in [-0.1, -0.05) is 0 Å². The van der Waals surface area contributed by atoms with E-state index in [1.807, 2.05) is 23.8 Å². The van der Waals surface area contributed by atoms with Crippen molar-refractivity contribution in [1.29, 1.82) is 0 Å². The molecule has 2 aromatic rings. The van der Waals surface area contributed by atoms with Gasteiger partial charge in [0.15, 0.2) is 0 Å². The molecule has 0 saturated carbocycles. The highest BCUT2D eigenvalue weighted by atomic mass is 32.1. The normalized spacial score (nSPS) is 13.1. The van der Waals surface area contributed by atoms with Crippen molar-refractivity contribution < 1.29 is 5.11 Å². The van der Waals surface area contributed by atoms with Crippen LogP contribution in [0, 0.1) is 13.8 Å². The summed E-state index contributed by atoms with van der Waals surface area (Å²) in [4.78, 5) is 4.22. The molecule has 0 fully saturated rings. The number of aromatic amines is 1. The molecule has 14 heavy (non-hydrogen) atoms. The molecule has 0 amide bonds. The first-order valence-electron chi connectivity index (χ1n) is 4.55. The lowest BCUT2D eigenvalue weighted by atomic mass is 10.0. The molecule has 2 N–H and O–H groups in total. The van der Waals surface area contributed by atoms with E-state index in [0.29, 0.717) is 0 Å². The SMILES string of the molecule is Cc1scc(C(O)c2cc[nH]c2)c1C. The Bertz CT molecular complexity index is 416. The Morgan fingerprint density at radius 2 is 2.21 bits per heavy atom. The van der Waals surface area contributed by atoms with Crippen LogP contribution in [-0.4, -0.2) is 10.1 Å². The van der Waals surface area contributed by atoms with Gasteiger partial charge in [-0.25, -0.2) is 0 Å². The first kappa shape index (κ1) is 9.49. The molecule has 0 aliphatic carbocycles. The number of H-pyrrole nitrogens is 1. The largest absolute Gasteiger partial charge is 0.384 e. The van der Waals surface area contributed by atoms with Crippen LogP contribution >= 0.6 is 11.3 Å². The fourth-order valence-corrected chi connectivity index (χ4v) is 2.39. The molecule has 3 heteroatoms. The molecule has 0 aliphatic heterocycles. The van der Waals surface area contributed by atoms with Crippen LogP contribution in [0.3, 0.4) is 0 Å². The number of rotatable bonds is 2. The van der Waals surface area contributed by atoms with Gasteiger partial charge >= 0.3 is 0 Å². The van der Waals surface area contributed by atoms with E-state index in [1.165, 1.54) is 10.4 Å². The summed E-state index contributed by atoms with van der Waals surface area (Å²) in [6, 6.07) is 1.90. The molecule has 0 aromatic carbocycles. The van der Waals surface area contributed by atoms with E-state index in [4.69, 9.17) is 0 Å². The number of thiophene rings is 1. The van der Waals surface area contributed by atoms with Crippen molar-refractivity contribution in [2.75, 3.05) is 0 Å². The Morgan fingerprint density at radius 1 is 1.43 bits per heavy atom. The molecule has 0 radical (unpaired) electrons. The molecule has 2 rings (SSSR count). The lowest BCUT2D eigenvalue weighted by molar-refractivity contribution is 0.220. The third kappa shape index (κ3) is 1.49. The Hall–Kier alpha value is -1.06. The van der Waals surface area contributed by atoms with Crippen LogP contribution in [0.4, 0.5) is 0 Å². The van der Waals surface area contributed by atoms with E-state index in [2.05, 4.69) is 18.8 Å². The highest BCUT2D eigenvalue weighted by Crippen LogP contribution is 2.30. The molecule has 0 spiro atoms. The summed E-state index contributed by atoms with van der Waals surface area (Å²) in [5.74, 6) is 0. The Labute approximate surface area is 87.2 Å². The van der Waals surface area contributed by atoms with E-state index < -0.39 is 6.10 Å². The van der Waals surface area contributed by atoms with Crippen molar-refractivity contribution >= 4 is 11.3 Å². The maximum atomic E-state index is 10.1. The Balaban J connectivity index is 2.36. The zero-order valence-corrected chi connectivity index (χ0v) is 9.06. The summed E-state index contributed by atoms with van der Waals surface area (Å²) in [5.41, 5.74) is 3.14. The van der Waals surface area contributed by atoms with E-state index in [9.17, 15) is 5.11 Å². The summed E-state index contributed by atoms with van der Waals surface area (Å²) >= 11 is 1.69. The lowest BCUT2D eigenvalue weighted by Gasteiger charge is -2.08. The fraction of sp³-hybridized carbons (Fsp3) is 0.273. The van der Waals surface area contributed by atoms with Crippen LogP contribution in [-0.2, 0) is 0 Å². The summed E-state index contributed by atoms with van der Waals surface area (Å²) in [6.45, 7) is 4.13. The Morgan fingerprint density at radius 3 is 2.71 bits per heavy atom. The van der Waals surface area contributed by atoms with Gasteiger partial charge in [-0.2, -0.15) is 0 Å². The minimum Gasteiger partial charge on any atom is -0.384 e. The van der Waals surface area contributed by atoms with Gasteiger partial charge in [-0.05, 0) is 36.4 Å². The number of aliphatic hydroxyl groups is 1. The van der Waals surface area contributed by atoms with Gasteiger partial charge in [0, 0.05) is 22.8 Å². The van der Waals surface area contributed by atoms with E-state index in [0.717, 1.165) is 11.1 Å². The van der Waals surface area contributed by atoms with Gasteiger partial charge in [0.2, 0.25) is 0 Å². The lowest BCUT2D eigenvalue weighted by Crippen LogP contribution is -1.98. The second kappa shape index (κ2) is 3.59. The maximum absolute atomic E-state index is 10.1. The zero-order chi connectivity index (χ0) is 10.1. The molecule has 2 aromatic heterocycles. The zero-order valence-electron chi connectivity index (χ0n) is 8.24. The second-order valence-corrected chi connectivity index (χ2v) is 4.50. The predicted octanol–water partition coefficient (Wildman–Crippen LogP) is 2.77. The molecule has 0 saturated heterocycles. The molecule has 0 bridgehead atoms.